The third-order valence-corrected chi connectivity index (χ3v) is 3.96. The third-order valence-electron chi connectivity index (χ3n) is 3.96. The molecule has 0 aliphatic heterocycles. The van der Waals surface area contributed by atoms with E-state index >= 15 is 0 Å². The van der Waals surface area contributed by atoms with Crippen LogP contribution < -0.4 is 9.47 Å². The van der Waals surface area contributed by atoms with Crippen LogP contribution in [0.25, 0.3) is 0 Å². The standard InChI is InChI=1S/C23H22N2O5/c1-2-29-25-21(16-28-19-9-5-7-17(13-19)14-23(26)27)18-8-6-10-20(15-18)30-22-11-3-4-12-24-22/h3-13,15H,2,14,16H2,1H3,(H,26,27). The van der Waals surface area contributed by atoms with Crippen LogP contribution >= 0.6 is 0 Å². The Morgan fingerprint density at radius 3 is 2.63 bits per heavy atom. The van der Waals surface area contributed by atoms with Gasteiger partial charge in [0.05, 0.1) is 6.42 Å². The molecule has 0 aliphatic rings. The van der Waals surface area contributed by atoms with Crippen molar-refractivity contribution in [2.75, 3.05) is 13.2 Å². The van der Waals surface area contributed by atoms with E-state index in [1.165, 1.54) is 0 Å². The molecule has 0 unspecified atom stereocenters. The van der Waals surface area contributed by atoms with E-state index in [9.17, 15) is 4.79 Å². The largest absolute Gasteiger partial charge is 0.487 e. The number of nitrogens with zero attached hydrogens (tertiary/aromatic N) is 2. The first-order valence-corrected chi connectivity index (χ1v) is 9.45. The van der Waals surface area contributed by atoms with Crippen LogP contribution in [-0.2, 0) is 16.1 Å². The normalized spacial score (nSPS) is 11.0. The summed E-state index contributed by atoms with van der Waals surface area (Å²) in [5.74, 6) is 0.762. The minimum atomic E-state index is -0.893. The Labute approximate surface area is 174 Å². The fourth-order valence-corrected chi connectivity index (χ4v) is 2.64. The Kier molecular flexibility index (Phi) is 7.38. The van der Waals surface area contributed by atoms with E-state index in [2.05, 4.69) is 10.1 Å². The summed E-state index contributed by atoms with van der Waals surface area (Å²) in [5, 5.41) is 13.1. The van der Waals surface area contributed by atoms with Crippen molar-refractivity contribution in [2.45, 2.75) is 13.3 Å². The Balaban J connectivity index is 1.75. The molecule has 30 heavy (non-hydrogen) atoms. The van der Waals surface area contributed by atoms with Crippen LogP contribution in [-0.4, -0.2) is 35.0 Å². The Bertz CT molecular complexity index is 1010. The second kappa shape index (κ2) is 10.6. The number of carbonyl (C=O) groups is 1. The van der Waals surface area contributed by atoms with Gasteiger partial charge in [-0.05, 0) is 42.8 Å². The lowest BCUT2D eigenvalue weighted by Crippen LogP contribution is -2.14. The average Bonchev–Trinajstić information content (AvgIpc) is 2.74. The number of rotatable bonds is 10. The van der Waals surface area contributed by atoms with Crippen molar-refractivity contribution in [3.63, 3.8) is 0 Å². The van der Waals surface area contributed by atoms with Crippen LogP contribution in [0.5, 0.6) is 17.4 Å². The molecule has 0 spiro atoms. The summed E-state index contributed by atoms with van der Waals surface area (Å²) in [6.07, 6.45) is 1.59. The summed E-state index contributed by atoms with van der Waals surface area (Å²) in [5.41, 5.74) is 2.01. The zero-order valence-corrected chi connectivity index (χ0v) is 16.5. The molecule has 0 saturated carbocycles. The number of ether oxygens (including phenoxy) is 2. The summed E-state index contributed by atoms with van der Waals surface area (Å²) < 4.78 is 11.6. The van der Waals surface area contributed by atoms with E-state index in [0.29, 0.717) is 35.3 Å². The molecule has 1 N–H and O–H groups in total. The quantitative estimate of drug-likeness (QED) is 0.398. The Hall–Kier alpha value is -3.87. The van der Waals surface area contributed by atoms with Crippen LogP contribution in [0.4, 0.5) is 0 Å². The molecule has 0 aliphatic carbocycles. The van der Waals surface area contributed by atoms with Crippen LogP contribution in [0.1, 0.15) is 18.1 Å². The van der Waals surface area contributed by atoms with E-state index in [4.69, 9.17) is 19.4 Å². The molecule has 1 heterocycles. The molecule has 0 radical (unpaired) electrons. The molecule has 7 nitrogen and oxygen atoms in total. The van der Waals surface area contributed by atoms with Gasteiger partial charge in [0.1, 0.15) is 30.4 Å². The summed E-state index contributed by atoms with van der Waals surface area (Å²) in [4.78, 5) is 20.3. The van der Waals surface area contributed by atoms with E-state index < -0.39 is 5.97 Å². The number of aromatic nitrogens is 1. The summed E-state index contributed by atoms with van der Waals surface area (Å²) in [6, 6.07) is 19.8. The molecule has 3 aromatic rings. The molecular weight excluding hydrogens is 384 g/mol. The predicted octanol–water partition coefficient (Wildman–Crippen LogP) is 4.32. The van der Waals surface area contributed by atoms with Crippen molar-refractivity contribution in [2.24, 2.45) is 5.16 Å². The van der Waals surface area contributed by atoms with Gasteiger partial charge >= 0.3 is 5.97 Å². The highest BCUT2D eigenvalue weighted by Crippen LogP contribution is 2.21. The average molecular weight is 406 g/mol. The molecule has 0 atom stereocenters. The maximum absolute atomic E-state index is 10.9. The summed E-state index contributed by atoms with van der Waals surface area (Å²) in [7, 11) is 0. The maximum Gasteiger partial charge on any atom is 0.307 e. The topological polar surface area (TPSA) is 90.2 Å². The molecule has 1 aromatic heterocycles. The van der Waals surface area contributed by atoms with Gasteiger partial charge in [-0.3, -0.25) is 4.79 Å². The van der Waals surface area contributed by atoms with Gasteiger partial charge in [0.2, 0.25) is 5.88 Å². The smallest absolute Gasteiger partial charge is 0.307 e. The monoisotopic (exact) mass is 406 g/mol. The second-order valence-corrected chi connectivity index (χ2v) is 6.26. The van der Waals surface area contributed by atoms with E-state index in [-0.39, 0.29) is 13.0 Å². The van der Waals surface area contributed by atoms with Crippen LogP contribution in [0.3, 0.4) is 0 Å². The number of hydrogen-bond acceptors (Lipinski definition) is 6. The van der Waals surface area contributed by atoms with Gasteiger partial charge in [-0.15, -0.1) is 0 Å². The van der Waals surface area contributed by atoms with Crippen molar-refractivity contribution >= 4 is 11.7 Å². The van der Waals surface area contributed by atoms with Crippen LogP contribution in [0.15, 0.2) is 78.1 Å². The Morgan fingerprint density at radius 1 is 1.03 bits per heavy atom. The van der Waals surface area contributed by atoms with Crippen molar-refractivity contribution in [1.29, 1.82) is 0 Å². The van der Waals surface area contributed by atoms with E-state index in [0.717, 1.165) is 5.56 Å². The third kappa shape index (κ3) is 6.34. The van der Waals surface area contributed by atoms with Gasteiger partial charge in [0.15, 0.2) is 0 Å². The minimum Gasteiger partial charge on any atom is -0.487 e. The second-order valence-electron chi connectivity index (χ2n) is 6.26. The van der Waals surface area contributed by atoms with Crippen LogP contribution in [0.2, 0.25) is 0 Å². The molecule has 0 bridgehead atoms. The molecule has 0 amide bonds. The van der Waals surface area contributed by atoms with Gasteiger partial charge < -0.3 is 19.4 Å². The van der Waals surface area contributed by atoms with Crippen LogP contribution in [0, 0.1) is 0 Å². The van der Waals surface area contributed by atoms with Crippen molar-refractivity contribution in [3.8, 4) is 17.4 Å². The van der Waals surface area contributed by atoms with E-state index in [1.807, 2.05) is 43.3 Å². The molecule has 7 heteroatoms. The van der Waals surface area contributed by atoms with Gasteiger partial charge in [-0.1, -0.05) is 35.5 Å². The Morgan fingerprint density at radius 2 is 1.87 bits per heavy atom. The number of oxime groups is 1. The molecule has 0 saturated heterocycles. The lowest BCUT2D eigenvalue weighted by atomic mass is 10.1. The molecule has 2 aromatic carbocycles. The molecular formula is C23H22N2O5. The molecule has 3 rings (SSSR count). The van der Waals surface area contributed by atoms with Gasteiger partial charge in [0.25, 0.3) is 0 Å². The van der Waals surface area contributed by atoms with Crippen molar-refractivity contribution < 1.29 is 24.2 Å². The molecule has 0 fully saturated rings. The first kappa shape index (κ1) is 20.9. The molecule has 154 valence electrons. The van der Waals surface area contributed by atoms with Crippen molar-refractivity contribution in [3.05, 3.63) is 84.1 Å². The first-order valence-electron chi connectivity index (χ1n) is 9.45. The number of hydrogen-bond donors (Lipinski definition) is 1. The predicted molar refractivity (Wildman–Crippen MR) is 112 cm³/mol. The SMILES string of the molecule is CCON=C(COc1cccc(CC(=O)O)c1)c1cccc(Oc2ccccn2)c1. The number of aliphatic carboxylic acids is 1. The zero-order chi connectivity index (χ0) is 21.2. The first-order chi connectivity index (χ1) is 14.6. The van der Waals surface area contributed by atoms with E-state index in [1.54, 1.807) is 36.5 Å². The fraction of sp³-hybridized carbons (Fsp3) is 0.174. The maximum atomic E-state index is 10.9. The minimum absolute atomic E-state index is 0.0655. The summed E-state index contributed by atoms with van der Waals surface area (Å²) >= 11 is 0. The summed E-state index contributed by atoms with van der Waals surface area (Å²) in [6.45, 7) is 2.41. The zero-order valence-electron chi connectivity index (χ0n) is 16.5. The lowest BCUT2D eigenvalue weighted by molar-refractivity contribution is -0.136. The number of benzene rings is 2. The number of carboxylic acids is 1. The highest BCUT2D eigenvalue weighted by atomic mass is 16.6. The van der Waals surface area contributed by atoms with Gasteiger partial charge in [-0.25, -0.2) is 4.98 Å². The highest BCUT2D eigenvalue weighted by molar-refractivity contribution is 6.01. The number of carboxylic acid groups (broad SMARTS) is 1. The number of pyridine rings is 1. The van der Waals surface area contributed by atoms with Gasteiger partial charge in [-0.2, -0.15) is 0 Å². The highest BCUT2D eigenvalue weighted by Gasteiger charge is 2.10. The van der Waals surface area contributed by atoms with Gasteiger partial charge in [0, 0.05) is 17.8 Å². The fourth-order valence-electron chi connectivity index (χ4n) is 2.64. The lowest BCUT2D eigenvalue weighted by Gasteiger charge is -2.11. The van der Waals surface area contributed by atoms with Crippen molar-refractivity contribution in [1.82, 2.24) is 4.98 Å².